The maximum Gasteiger partial charge on any atom is 0.306 e. The van der Waals surface area contributed by atoms with Crippen molar-refractivity contribution in [2.24, 2.45) is 5.92 Å². The first kappa shape index (κ1) is 33.3. The Morgan fingerprint density at radius 3 is 2.14 bits per heavy atom. The van der Waals surface area contributed by atoms with Crippen LogP contribution in [0.1, 0.15) is 70.8 Å². The van der Waals surface area contributed by atoms with Gasteiger partial charge in [0.2, 0.25) is 5.95 Å². The van der Waals surface area contributed by atoms with Crippen molar-refractivity contribution in [2.45, 2.75) is 76.9 Å². The van der Waals surface area contributed by atoms with Crippen LogP contribution in [0, 0.1) is 5.92 Å². The summed E-state index contributed by atoms with van der Waals surface area (Å²) in [5.41, 5.74) is 6.47. The topological polar surface area (TPSA) is 136 Å². The summed E-state index contributed by atoms with van der Waals surface area (Å²) in [4.78, 5) is 35.5. The molecule has 4 N–H and O–H groups in total. The lowest BCUT2D eigenvalue weighted by Crippen LogP contribution is -2.25. The van der Waals surface area contributed by atoms with E-state index in [1.165, 1.54) is 6.33 Å². The Morgan fingerprint density at radius 1 is 1.02 bits per heavy atom. The summed E-state index contributed by atoms with van der Waals surface area (Å²) < 4.78 is 7.44. The summed E-state index contributed by atoms with van der Waals surface area (Å²) in [7, 11) is 0. The third-order valence-corrected chi connectivity index (χ3v) is 7.19. The van der Waals surface area contributed by atoms with E-state index in [2.05, 4.69) is 89.2 Å². The van der Waals surface area contributed by atoms with Gasteiger partial charge in [-0.3, -0.25) is 14.6 Å². The smallest absolute Gasteiger partial charge is 0.306 e. The lowest BCUT2D eigenvalue weighted by molar-refractivity contribution is -0.151. The van der Waals surface area contributed by atoms with Crippen LogP contribution in [0.2, 0.25) is 0 Å². The Bertz CT molecular complexity index is 1430. The van der Waals surface area contributed by atoms with E-state index in [-0.39, 0.29) is 36.5 Å². The fourth-order valence-corrected chi connectivity index (χ4v) is 4.92. The van der Waals surface area contributed by atoms with Crippen molar-refractivity contribution in [2.75, 3.05) is 12.3 Å². The summed E-state index contributed by atoms with van der Waals surface area (Å²) in [6.45, 7) is 6.07. The third kappa shape index (κ3) is 10.5. The van der Waals surface area contributed by atoms with Crippen LogP contribution in [-0.4, -0.2) is 43.3 Å². The maximum atomic E-state index is 12.6. The van der Waals surface area contributed by atoms with Gasteiger partial charge in [0.15, 0.2) is 11.2 Å². The molecule has 1 fully saturated rings. The lowest BCUT2D eigenvalue weighted by Gasteiger charge is -2.18. The van der Waals surface area contributed by atoms with Gasteiger partial charge in [0, 0.05) is 18.8 Å². The number of nitrogens with one attached hydrogen (secondary N) is 1. The Hall–Kier alpha value is -4.24. The molecule has 1 aliphatic carbocycles. The van der Waals surface area contributed by atoms with Crippen LogP contribution >= 0.6 is 0 Å². The summed E-state index contributed by atoms with van der Waals surface area (Å²) in [6, 6.07) is -0.336. The molecule has 3 atom stereocenters. The number of esters is 1. The number of allylic oxidation sites excluding steroid dienone is 12. The molecule has 1 aliphatic rings. The number of nitrogens with zero attached hydrogens (tertiary/aromatic N) is 3. The molecule has 0 radical (unpaired) electrons. The van der Waals surface area contributed by atoms with Gasteiger partial charge in [-0.2, -0.15) is 4.98 Å². The standard InChI is InChI=1S/C34H45N5O4/c1-3-4-5-6-7-8-9-10-11-12-13-14-15-16-17-18-19-20-21-22-30(41)43-29-23-28(26(2)27(29)24-40)39-25-36-31-32(39)37-34(35)38-33(31)42/h4-5,7-8,10-11,13-14,16-17,19-20,25,27-29,40H,2-3,6,9,12,15,18,21-24H2,1H3,(H3,35,37,38,42)/b5-4-,8-7-,11-10-,14-13-,17-16-,20-19-/t27-,28-,29-/m0/s1. The highest BCUT2D eigenvalue weighted by molar-refractivity contribution is 5.71. The molecule has 43 heavy (non-hydrogen) atoms. The fraction of sp³-hybridized carbons (Fsp3) is 0.412. The van der Waals surface area contributed by atoms with E-state index in [0.717, 1.165) is 38.5 Å². The number of carbonyl (C=O) groups is 1. The van der Waals surface area contributed by atoms with E-state index in [1.54, 1.807) is 4.57 Å². The van der Waals surface area contributed by atoms with Gasteiger partial charge in [-0.05, 0) is 50.5 Å². The molecule has 0 aliphatic heterocycles. The van der Waals surface area contributed by atoms with Crippen LogP contribution in [0.5, 0.6) is 0 Å². The normalized spacial score (nSPS) is 19.7. The number of imidazole rings is 1. The number of fused-ring (bicyclic) bond motifs is 1. The number of ether oxygens (including phenoxy) is 1. The monoisotopic (exact) mass is 587 g/mol. The van der Waals surface area contributed by atoms with Gasteiger partial charge < -0.3 is 20.1 Å². The van der Waals surface area contributed by atoms with E-state index in [9.17, 15) is 14.7 Å². The first-order chi connectivity index (χ1) is 21.0. The summed E-state index contributed by atoms with van der Waals surface area (Å²) >= 11 is 0. The minimum Gasteiger partial charge on any atom is -0.462 e. The lowest BCUT2D eigenvalue weighted by atomic mass is 10.0. The zero-order chi connectivity index (χ0) is 30.9. The first-order valence-corrected chi connectivity index (χ1v) is 15.1. The predicted molar refractivity (Wildman–Crippen MR) is 173 cm³/mol. The number of aliphatic hydroxyl groups excluding tert-OH is 1. The average molecular weight is 588 g/mol. The van der Waals surface area contributed by atoms with Crippen molar-refractivity contribution >= 4 is 23.1 Å². The number of rotatable bonds is 17. The van der Waals surface area contributed by atoms with Crippen LogP contribution in [0.4, 0.5) is 5.95 Å². The highest BCUT2D eigenvalue weighted by Gasteiger charge is 2.41. The number of aromatic amines is 1. The van der Waals surface area contributed by atoms with Crippen molar-refractivity contribution < 1.29 is 14.6 Å². The van der Waals surface area contributed by atoms with Gasteiger partial charge in [0.25, 0.3) is 5.56 Å². The summed E-state index contributed by atoms with van der Waals surface area (Å²) in [5, 5.41) is 9.99. The minimum absolute atomic E-state index is 0.0149. The van der Waals surface area contributed by atoms with Crippen LogP contribution in [0.15, 0.2) is 96.2 Å². The molecule has 0 spiro atoms. The largest absolute Gasteiger partial charge is 0.462 e. The van der Waals surface area contributed by atoms with E-state index in [4.69, 9.17) is 10.5 Å². The number of anilines is 1. The summed E-state index contributed by atoms with van der Waals surface area (Å²) in [5.74, 6) is -0.763. The molecule has 3 rings (SSSR count). The number of aliphatic hydroxyl groups is 1. The molecule has 2 aromatic rings. The van der Waals surface area contributed by atoms with Crippen LogP contribution in [-0.2, 0) is 9.53 Å². The molecule has 0 unspecified atom stereocenters. The minimum atomic E-state index is -0.530. The molecule has 1 saturated carbocycles. The van der Waals surface area contributed by atoms with E-state index >= 15 is 0 Å². The molecular formula is C34H45N5O4. The van der Waals surface area contributed by atoms with Gasteiger partial charge in [-0.15, -0.1) is 0 Å². The highest BCUT2D eigenvalue weighted by atomic mass is 16.5. The maximum absolute atomic E-state index is 12.6. The molecule has 9 nitrogen and oxygen atoms in total. The Labute approximate surface area is 254 Å². The van der Waals surface area contributed by atoms with Crippen molar-refractivity contribution in [3.8, 4) is 0 Å². The number of nitrogens with two attached hydrogens (primary N) is 1. The molecular weight excluding hydrogens is 542 g/mol. The van der Waals surface area contributed by atoms with Gasteiger partial charge in [-0.25, -0.2) is 4.98 Å². The molecule has 0 saturated heterocycles. The van der Waals surface area contributed by atoms with Gasteiger partial charge in [0.1, 0.15) is 6.10 Å². The average Bonchev–Trinajstić information content (AvgIpc) is 3.54. The zero-order valence-electron chi connectivity index (χ0n) is 25.1. The fourth-order valence-electron chi connectivity index (χ4n) is 4.92. The predicted octanol–water partition coefficient (Wildman–Crippen LogP) is 6.20. The van der Waals surface area contributed by atoms with Crippen molar-refractivity contribution in [3.05, 3.63) is 102 Å². The number of hydrogen-bond acceptors (Lipinski definition) is 7. The van der Waals surface area contributed by atoms with E-state index in [0.29, 0.717) is 24.1 Å². The molecule has 0 aromatic carbocycles. The second kappa shape index (κ2) is 18.3. The summed E-state index contributed by atoms with van der Waals surface area (Å²) in [6.07, 6.45) is 33.6. The van der Waals surface area contributed by atoms with E-state index in [1.807, 2.05) is 12.2 Å². The SMILES string of the molecule is C=C1[C@H](CO)[C@@H](OC(=O)CC/C=C\C/C=C\C/C=C\C/C=C\C/C=C\C/C=C\CC)C[C@@H]1n1cnc2c(=O)[nH]c(N)nc21. The van der Waals surface area contributed by atoms with Crippen molar-refractivity contribution in [1.29, 1.82) is 0 Å². The Morgan fingerprint density at radius 2 is 1.58 bits per heavy atom. The third-order valence-electron chi connectivity index (χ3n) is 7.19. The molecule has 230 valence electrons. The Balaban J connectivity index is 1.33. The van der Waals surface area contributed by atoms with Crippen LogP contribution < -0.4 is 11.3 Å². The number of hydrogen-bond donors (Lipinski definition) is 3. The molecule has 9 heteroatoms. The number of aromatic nitrogens is 4. The van der Waals surface area contributed by atoms with Crippen molar-refractivity contribution in [3.63, 3.8) is 0 Å². The molecule has 2 heterocycles. The van der Waals surface area contributed by atoms with Crippen molar-refractivity contribution in [1.82, 2.24) is 19.5 Å². The number of nitrogen functional groups attached to an aromatic ring is 1. The quantitative estimate of drug-likeness (QED) is 0.148. The van der Waals surface area contributed by atoms with Crippen LogP contribution in [0.25, 0.3) is 11.2 Å². The highest BCUT2D eigenvalue weighted by Crippen LogP contribution is 2.41. The van der Waals surface area contributed by atoms with Crippen LogP contribution in [0.3, 0.4) is 0 Å². The van der Waals surface area contributed by atoms with Gasteiger partial charge >= 0.3 is 5.97 Å². The number of carbonyl (C=O) groups excluding carboxylic acids is 1. The Kier molecular flexibility index (Phi) is 14.2. The molecule has 2 aromatic heterocycles. The first-order valence-electron chi connectivity index (χ1n) is 15.1. The van der Waals surface area contributed by atoms with Gasteiger partial charge in [-0.1, -0.05) is 86.4 Å². The van der Waals surface area contributed by atoms with E-state index < -0.39 is 17.6 Å². The second-order valence-electron chi connectivity index (χ2n) is 10.4. The van der Waals surface area contributed by atoms with Gasteiger partial charge in [0.05, 0.1) is 19.0 Å². The molecule has 0 amide bonds. The molecule has 0 bridgehead atoms. The zero-order valence-corrected chi connectivity index (χ0v) is 25.1. The number of H-pyrrole nitrogens is 1. The second-order valence-corrected chi connectivity index (χ2v) is 10.4.